The molecule has 3 nitrogen and oxygen atoms in total. The quantitative estimate of drug-likeness (QED) is 0.803. The molecule has 0 radical (unpaired) electrons. The number of nitrogens with two attached hydrogens (primary N) is 1. The lowest BCUT2D eigenvalue weighted by Crippen LogP contribution is -2.14. The fourth-order valence-corrected chi connectivity index (χ4v) is 1.53. The zero-order chi connectivity index (χ0) is 10.8. The van der Waals surface area contributed by atoms with Gasteiger partial charge in [-0.15, -0.1) is 0 Å². The van der Waals surface area contributed by atoms with Crippen LogP contribution in [0, 0.1) is 5.82 Å². The van der Waals surface area contributed by atoms with Gasteiger partial charge >= 0.3 is 0 Å². The highest BCUT2D eigenvalue weighted by Crippen LogP contribution is 2.17. The molecule has 1 amide bonds. The summed E-state index contributed by atoms with van der Waals surface area (Å²) in [6.45, 7) is 0. The van der Waals surface area contributed by atoms with Crippen LogP contribution in [0.1, 0.15) is 5.56 Å². The number of pyridine rings is 1. The summed E-state index contributed by atoms with van der Waals surface area (Å²) in [5.74, 6) is -0.813. The Labute approximate surface area is 85.7 Å². The fourth-order valence-electron chi connectivity index (χ4n) is 1.53. The predicted octanol–water partition coefficient (Wildman–Crippen LogP) is 1.40. The van der Waals surface area contributed by atoms with Gasteiger partial charge in [-0.2, -0.15) is 0 Å². The number of hydrogen-bond donors (Lipinski definition) is 1. The van der Waals surface area contributed by atoms with E-state index in [0.717, 1.165) is 11.8 Å². The van der Waals surface area contributed by atoms with Gasteiger partial charge in [0.05, 0.1) is 18.1 Å². The monoisotopic (exact) mass is 204 g/mol. The largest absolute Gasteiger partial charge is 0.369 e. The zero-order valence-corrected chi connectivity index (χ0v) is 7.90. The van der Waals surface area contributed by atoms with E-state index in [1.165, 1.54) is 6.07 Å². The molecule has 1 aromatic heterocycles. The number of nitrogens with zero attached hydrogens (tertiary/aromatic N) is 1. The molecule has 4 heteroatoms. The van der Waals surface area contributed by atoms with E-state index >= 15 is 0 Å². The topological polar surface area (TPSA) is 56.0 Å². The van der Waals surface area contributed by atoms with Gasteiger partial charge in [0.2, 0.25) is 5.91 Å². The highest BCUT2D eigenvalue weighted by molar-refractivity contribution is 5.86. The fraction of sp³-hybridized carbons (Fsp3) is 0.0909. The van der Waals surface area contributed by atoms with Gasteiger partial charge in [0.15, 0.2) is 0 Å². The van der Waals surface area contributed by atoms with E-state index in [4.69, 9.17) is 5.73 Å². The Kier molecular flexibility index (Phi) is 2.33. The summed E-state index contributed by atoms with van der Waals surface area (Å²) in [7, 11) is 0. The van der Waals surface area contributed by atoms with Gasteiger partial charge in [0, 0.05) is 5.39 Å². The SMILES string of the molecule is NC(=O)Cc1cccc2cc(F)cnc12. The van der Waals surface area contributed by atoms with Crippen molar-refractivity contribution >= 4 is 16.8 Å². The average molecular weight is 204 g/mol. The minimum atomic E-state index is -0.423. The normalized spacial score (nSPS) is 10.5. The Hall–Kier alpha value is -1.97. The van der Waals surface area contributed by atoms with E-state index in [1.807, 2.05) is 0 Å². The van der Waals surface area contributed by atoms with Crippen molar-refractivity contribution < 1.29 is 9.18 Å². The molecule has 2 rings (SSSR count). The maximum Gasteiger partial charge on any atom is 0.221 e. The molecule has 1 aromatic carbocycles. The highest BCUT2D eigenvalue weighted by atomic mass is 19.1. The lowest BCUT2D eigenvalue weighted by molar-refractivity contribution is -0.117. The van der Waals surface area contributed by atoms with Crippen molar-refractivity contribution in [3.63, 3.8) is 0 Å². The molecule has 0 aliphatic heterocycles. The first-order chi connectivity index (χ1) is 7.16. The van der Waals surface area contributed by atoms with Gasteiger partial charge in [-0.05, 0) is 11.6 Å². The van der Waals surface area contributed by atoms with E-state index in [-0.39, 0.29) is 6.42 Å². The van der Waals surface area contributed by atoms with E-state index < -0.39 is 11.7 Å². The Balaban J connectivity index is 2.60. The third-order valence-corrected chi connectivity index (χ3v) is 2.13. The maximum atomic E-state index is 12.9. The Morgan fingerprint density at radius 3 is 3.00 bits per heavy atom. The van der Waals surface area contributed by atoms with Gasteiger partial charge in [-0.3, -0.25) is 9.78 Å². The van der Waals surface area contributed by atoms with E-state index in [9.17, 15) is 9.18 Å². The van der Waals surface area contributed by atoms with E-state index in [1.54, 1.807) is 18.2 Å². The van der Waals surface area contributed by atoms with Crippen molar-refractivity contribution in [1.29, 1.82) is 0 Å². The molecule has 0 aliphatic rings. The van der Waals surface area contributed by atoms with Crippen LogP contribution in [0.2, 0.25) is 0 Å². The number of carbonyl (C=O) groups is 1. The minimum Gasteiger partial charge on any atom is -0.369 e. The van der Waals surface area contributed by atoms with Gasteiger partial charge < -0.3 is 5.73 Å². The van der Waals surface area contributed by atoms with Gasteiger partial charge in [0.1, 0.15) is 5.82 Å². The molecule has 0 saturated heterocycles. The van der Waals surface area contributed by atoms with Crippen molar-refractivity contribution in [2.24, 2.45) is 5.73 Å². The number of aromatic nitrogens is 1. The standard InChI is InChI=1S/C11H9FN2O/c12-9-4-7-2-1-3-8(5-10(13)15)11(7)14-6-9/h1-4,6H,5H2,(H2,13,15). The number of benzene rings is 1. The number of rotatable bonds is 2. The van der Waals surface area contributed by atoms with Crippen molar-refractivity contribution in [1.82, 2.24) is 4.98 Å². The summed E-state index contributed by atoms with van der Waals surface area (Å²) in [4.78, 5) is 14.8. The number of halogens is 1. The van der Waals surface area contributed by atoms with Crippen LogP contribution in [0.25, 0.3) is 10.9 Å². The summed E-state index contributed by atoms with van der Waals surface area (Å²) < 4.78 is 12.9. The molecule has 0 unspecified atom stereocenters. The lowest BCUT2D eigenvalue weighted by atomic mass is 10.1. The molecular weight excluding hydrogens is 195 g/mol. The Morgan fingerprint density at radius 2 is 2.27 bits per heavy atom. The van der Waals surface area contributed by atoms with Gasteiger partial charge in [-0.1, -0.05) is 18.2 Å². The van der Waals surface area contributed by atoms with Crippen LogP contribution in [0.4, 0.5) is 4.39 Å². The number of primary amides is 1. The van der Waals surface area contributed by atoms with E-state index in [2.05, 4.69) is 4.98 Å². The summed E-state index contributed by atoms with van der Waals surface area (Å²) in [5, 5.41) is 0.675. The predicted molar refractivity (Wildman–Crippen MR) is 54.6 cm³/mol. The second-order valence-corrected chi connectivity index (χ2v) is 3.29. The summed E-state index contributed by atoms with van der Waals surface area (Å²) in [6, 6.07) is 6.64. The van der Waals surface area contributed by atoms with Crippen LogP contribution in [-0.4, -0.2) is 10.9 Å². The number of fused-ring (bicyclic) bond motifs is 1. The van der Waals surface area contributed by atoms with Crippen molar-refractivity contribution in [2.45, 2.75) is 6.42 Å². The number of amides is 1. The molecule has 0 bridgehead atoms. The molecule has 2 aromatic rings. The van der Waals surface area contributed by atoms with Gasteiger partial charge in [0.25, 0.3) is 0 Å². The molecule has 0 spiro atoms. The van der Waals surface area contributed by atoms with Crippen LogP contribution < -0.4 is 5.73 Å². The first-order valence-electron chi connectivity index (χ1n) is 4.48. The molecular formula is C11H9FN2O. The lowest BCUT2D eigenvalue weighted by Gasteiger charge is -2.03. The van der Waals surface area contributed by atoms with Crippen LogP contribution in [0.5, 0.6) is 0 Å². The van der Waals surface area contributed by atoms with Crippen LogP contribution >= 0.6 is 0 Å². The molecule has 0 atom stereocenters. The number of carbonyl (C=O) groups excluding carboxylic acids is 1. The third-order valence-electron chi connectivity index (χ3n) is 2.13. The molecule has 1 heterocycles. The van der Waals surface area contributed by atoms with Crippen LogP contribution in [-0.2, 0) is 11.2 Å². The first kappa shape index (κ1) is 9.58. The summed E-state index contributed by atoms with van der Waals surface area (Å²) in [6.07, 6.45) is 1.25. The van der Waals surface area contributed by atoms with Crippen molar-refractivity contribution in [3.8, 4) is 0 Å². The molecule has 0 fully saturated rings. The average Bonchev–Trinajstić information content (AvgIpc) is 2.16. The zero-order valence-electron chi connectivity index (χ0n) is 7.90. The smallest absolute Gasteiger partial charge is 0.221 e. The highest BCUT2D eigenvalue weighted by Gasteiger charge is 2.05. The first-order valence-corrected chi connectivity index (χ1v) is 4.48. The number of para-hydroxylation sites is 1. The molecule has 15 heavy (non-hydrogen) atoms. The minimum absolute atomic E-state index is 0.121. The second kappa shape index (κ2) is 3.65. The van der Waals surface area contributed by atoms with Crippen molar-refractivity contribution in [2.75, 3.05) is 0 Å². The van der Waals surface area contributed by atoms with Crippen LogP contribution in [0.15, 0.2) is 30.5 Å². The van der Waals surface area contributed by atoms with E-state index in [0.29, 0.717) is 10.9 Å². The molecule has 76 valence electrons. The Bertz CT molecular complexity index is 525. The van der Waals surface area contributed by atoms with Crippen molar-refractivity contribution in [3.05, 3.63) is 41.8 Å². The number of hydrogen-bond acceptors (Lipinski definition) is 2. The molecule has 0 aliphatic carbocycles. The summed E-state index contributed by atoms with van der Waals surface area (Å²) in [5.41, 5.74) is 6.45. The van der Waals surface area contributed by atoms with Crippen LogP contribution in [0.3, 0.4) is 0 Å². The molecule has 0 saturated carbocycles. The molecule has 2 N–H and O–H groups in total. The maximum absolute atomic E-state index is 12.9. The third kappa shape index (κ3) is 1.93. The Morgan fingerprint density at radius 1 is 1.47 bits per heavy atom. The second-order valence-electron chi connectivity index (χ2n) is 3.29. The summed E-state index contributed by atoms with van der Waals surface area (Å²) >= 11 is 0. The van der Waals surface area contributed by atoms with Gasteiger partial charge in [-0.25, -0.2) is 4.39 Å².